The molecule has 0 amide bonds. The smallest absolute Gasteiger partial charge is 0.280 e. The van der Waals surface area contributed by atoms with Crippen LogP contribution in [0.3, 0.4) is 0 Å². The number of nitrogens with two attached hydrogens (primary N) is 1. The Morgan fingerprint density at radius 1 is 1.65 bits per heavy atom. The average molecular weight is 320 g/mol. The van der Waals surface area contributed by atoms with Gasteiger partial charge >= 0.3 is 0 Å². The van der Waals surface area contributed by atoms with E-state index < -0.39 is 35.8 Å². The second-order valence-corrected chi connectivity index (χ2v) is 5.51. The quantitative estimate of drug-likeness (QED) is 0.543. The van der Waals surface area contributed by atoms with E-state index in [4.69, 9.17) is 15.7 Å². The van der Waals surface area contributed by atoms with Gasteiger partial charge in [-0.05, 0) is 6.92 Å². The molecule has 122 valence electrons. The van der Waals surface area contributed by atoms with Gasteiger partial charge in [0.15, 0.2) is 17.4 Å². The highest BCUT2D eigenvalue weighted by atomic mass is 16.5. The summed E-state index contributed by atoms with van der Waals surface area (Å²) in [5, 5.41) is 29.1. The van der Waals surface area contributed by atoms with Crippen molar-refractivity contribution in [1.29, 1.82) is 5.26 Å². The van der Waals surface area contributed by atoms with Crippen LogP contribution in [0.1, 0.15) is 13.2 Å². The normalized spacial score (nSPS) is 28.8. The number of nitrogens with one attached hydrogen (secondary N) is 1. The molecule has 23 heavy (non-hydrogen) atoms. The Morgan fingerprint density at radius 3 is 3.04 bits per heavy atom. The molecular weight excluding hydrogens is 304 g/mol. The fraction of sp³-hybridized carbons (Fsp3) is 0.538. The second kappa shape index (κ2) is 5.62. The Hall–Kier alpha value is -2.48. The van der Waals surface area contributed by atoms with Crippen molar-refractivity contribution < 1.29 is 14.9 Å². The maximum atomic E-state index is 11.8. The predicted molar refractivity (Wildman–Crippen MR) is 77.8 cm³/mol. The van der Waals surface area contributed by atoms with Gasteiger partial charge in [-0.1, -0.05) is 0 Å². The lowest BCUT2D eigenvalue weighted by Gasteiger charge is -2.21. The number of hydrogen-bond donors (Lipinski definition) is 4. The number of imidazole rings is 1. The number of anilines is 1. The van der Waals surface area contributed by atoms with E-state index in [1.54, 1.807) is 6.92 Å². The first kappa shape index (κ1) is 15.4. The molecule has 2 aromatic heterocycles. The molecule has 10 heteroatoms. The van der Waals surface area contributed by atoms with E-state index in [0.29, 0.717) is 0 Å². The number of aliphatic hydroxyl groups is 2. The first-order valence-corrected chi connectivity index (χ1v) is 7.04. The summed E-state index contributed by atoms with van der Waals surface area (Å²) in [5.41, 5.74) is 5.27. The van der Waals surface area contributed by atoms with Crippen molar-refractivity contribution in [1.82, 2.24) is 19.5 Å². The molecule has 1 saturated heterocycles. The molecule has 10 nitrogen and oxygen atoms in total. The molecular formula is C13H16N6O4. The van der Waals surface area contributed by atoms with Crippen LogP contribution in [0.5, 0.6) is 0 Å². The summed E-state index contributed by atoms with van der Waals surface area (Å²) in [4.78, 5) is 22.1. The minimum Gasteiger partial charge on any atom is -0.394 e. The zero-order valence-electron chi connectivity index (χ0n) is 12.2. The molecule has 0 bridgehead atoms. The van der Waals surface area contributed by atoms with Gasteiger partial charge in [-0.25, -0.2) is 4.98 Å². The predicted octanol–water partition coefficient (Wildman–Crippen LogP) is -1.27. The molecule has 1 fully saturated rings. The van der Waals surface area contributed by atoms with Crippen molar-refractivity contribution in [2.75, 3.05) is 12.3 Å². The van der Waals surface area contributed by atoms with Crippen molar-refractivity contribution in [2.45, 2.75) is 25.4 Å². The number of aromatic nitrogens is 4. The van der Waals surface area contributed by atoms with Crippen molar-refractivity contribution in [2.24, 2.45) is 11.8 Å². The lowest BCUT2D eigenvalue weighted by molar-refractivity contribution is -0.0495. The maximum absolute atomic E-state index is 11.8. The van der Waals surface area contributed by atoms with Crippen LogP contribution in [0.4, 0.5) is 5.95 Å². The Kier molecular flexibility index (Phi) is 3.77. The van der Waals surface area contributed by atoms with E-state index in [0.717, 1.165) is 0 Å². The zero-order chi connectivity index (χ0) is 16.7. The number of rotatable bonds is 3. The van der Waals surface area contributed by atoms with Crippen molar-refractivity contribution in [3.05, 3.63) is 16.7 Å². The Morgan fingerprint density at radius 2 is 2.39 bits per heavy atom. The van der Waals surface area contributed by atoms with Gasteiger partial charge in [-0.3, -0.25) is 14.3 Å². The molecule has 0 saturated carbocycles. The van der Waals surface area contributed by atoms with E-state index in [-0.39, 0.29) is 23.7 Å². The molecule has 3 rings (SSSR count). The van der Waals surface area contributed by atoms with Crippen LogP contribution in [0.25, 0.3) is 11.2 Å². The van der Waals surface area contributed by atoms with Crippen LogP contribution < -0.4 is 11.3 Å². The molecule has 1 aliphatic rings. The SMILES string of the molecule is CC(C#N)C1C(O)[C@H](n2cnc3c(=O)[nH]c(N)nc32)O[C@@H]1CO. The summed E-state index contributed by atoms with van der Waals surface area (Å²) in [7, 11) is 0. The van der Waals surface area contributed by atoms with Crippen LogP contribution in [-0.4, -0.2) is 48.5 Å². The summed E-state index contributed by atoms with van der Waals surface area (Å²) < 4.78 is 7.06. The standard InChI is InChI=1S/C13H16N6O4/c1-5(2-14)7-6(3-20)23-12(9(7)21)19-4-16-8-10(19)17-13(15)18-11(8)22/h4-7,9,12,20-21H,3H2,1H3,(H3,15,17,18,22)/t5?,6-,7?,9?,12-/m1/s1. The Labute approximate surface area is 130 Å². The molecule has 3 unspecified atom stereocenters. The molecule has 0 radical (unpaired) electrons. The number of nitrogens with zero attached hydrogens (tertiary/aromatic N) is 4. The van der Waals surface area contributed by atoms with Gasteiger partial charge in [-0.2, -0.15) is 10.2 Å². The van der Waals surface area contributed by atoms with Gasteiger partial charge in [0, 0.05) is 5.92 Å². The molecule has 0 aromatic carbocycles. The van der Waals surface area contributed by atoms with Crippen molar-refractivity contribution >= 4 is 17.1 Å². The molecule has 3 heterocycles. The molecule has 0 spiro atoms. The summed E-state index contributed by atoms with van der Waals surface area (Å²) >= 11 is 0. The number of fused-ring (bicyclic) bond motifs is 1. The third-order valence-corrected chi connectivity index (χ3v) is 4.12. The summed E-state index contributed by atoms with van der Waals surface area (Å²) in [5.74, 6) is -1.19. The van der Waals surface area contributed by atoms with E-state index in [1.165, 1.54) is 10.9 Å². The van der Waals surface area contributed by atoms with E-state index in [9.17, 15) is 15.0 Å². The highest BCUT2D eigenvalue weighted by molar-refractivity contribution is 5.70. The lowest BCUT2D eigenvalue weighted by Crippen LogP contribution is -2.32. The number of aliphatic hydroxyl groups excluding tert-OH is 2. The highest BCUT2D eigenvalue weighted by Gasteiger charge is 2.47. The van der Waals surface area contributed by atoms with Gasteiger partial charge in [0.1, 0.15) is 6.10 Å². The van der Waals surface area contributed by atoms with Gasteiger partial charge in [0.2, 0.25) is 5.95 Å². The van der Waals surface area contributed by atoms with Gasteiger partial charge in [0.25, 0.3) is 5.56 Å². The van der Waals surface area contributed by atoms with Crippen LogP contribution in [-0.2, 0) is 4.74 Å². The third-order valence-electron chi connectivity index (χ3n) is 4.12. The monoisotopic (exact) mass is 320 g/mol. The van der Waals surface area contributed by atoms with Crippen LogP contribution in [0.15, 0.2) is 11.1 Å². The summed E-state index contributed by atoms with van der Waals surface area (Å²) in [6, 6.07) is 2.06. The molecule has 1 aliphatic heterocycles. The maximum Gasteiger partial charge on any atom is 0.280 e. The number of aromatic amines is 1. The van der Waals surface area contributed by atoms with E-state index in [1.807, 2.05) is 0 Å². The first-order chi connectivity index (χ1) is 11.0. The molecule has 5 atom stereocenters. The number of nitriles is 1. The summed E-state index contributed by atoms with van der Waals surface area (Å²) in [6.07, 6.45) is -1.39. The van der Waals surface area contributed by atoms with Crippen LogP contribution in [0.2, 0.25) is 0 Å². The Bertz CT molecular complexity index is 824. The van der Waals surface area contributed by atoms with Crippen LogP contribution in [0, 0.1) is 23.2 Å². The fourth-order valence-electron chi connectivity index (χ4n) is 2.99. The second-order valence-electron chi connectivity index (χ2n) is 5.51. The summed E-state index contributed by atoms with van der Waals surface area (Å²) in [6.45, 7) is 1.31. The molecule has 2 aromatic rings. The third kappa shape index (κ3) is 2.35. The van der Waals surface area contributed by atoms with Crippen molar-refractivity contribution in [3.8, 4) is 6.07 Å². The van der Waals surface area contributed by atoms with E-state index >= 15 is 0 Å². The van der Waals surface area contributed by atoms with Gasteiger partial charge in [-0.15, -0.1) is 0 Å². The highest BCUT2D eigenvalue weighted by Crippen LogP contribution is 2.38. The minimum atomic E-state index is -1.07. The number of ether oxygens (including phenoxy) is 1. The number of hydrogen-bond acceptors (Lipinski definition) is 8. The minimum absolute atomic E-state index is 0.0623. The molecule has 5 N–H and O–H groups in total. The largest absolute Gasteiger partial charge is 0.394 e. The first-order valence-electron chi connectivity index (χ1n) is 7.04. The topological polar surface area (TPSA) is 163 Å². The zero-order valence-corrected chi connectivity index (χ0v) is 12.2. The molecule has 0 aliphatic carbocycles. The van der Waals surface area contributed by atoms with E-state index in [2.05, 4.69) is 21.0 Å². The van der Waals surface area contributed by atoms with Gasteiger partial charge < -0.3 is 20.7 Å². The van der Waals surface area contributed by atoms with Crippen molar-refractivity contribution in [3.63, 3.8) is 0 Å². The fourth-order valence-corrected chi connectivity index (χ4v) is 2.99. The van der Waals surface area contributed by atoms with Crippen LogP contribution >= 0.6 is 0 Å². The number of nitrogen functional groups attached to an aromatic ring is 1. The Balaban J connectivity index is 2.06. The van der Waals surface area contributed by atoms with Gasteiger partial charge in [0.05, 0.1) is 31.0 Å². The number of H-pyrrole nitrogens is 1. The average Bonchev–Trinajstić information content (AvgIpc) is 3.07. The lowest BCUT2D eigenvalue weighted by atomic mass is 9.87.